The Kier molecular flexibility index (Phi) is 6.20. The monoisotopic (exact) mass is 439 g/mol. The van der Waals surface area contributed by atoms with Gasteiger partial charge in [0, 0.05) is 23.9 Å². The molecule has 1 heterocycles. The van der Waals surface area contributed by atoms with Crippen LogP contribution in [0.5, 0.6) is 0 Å². The van der Waals surface area contributed by atoms with Crippen molar-refractivity contribution in [3.63, 3.8) is 0 Å². The fraction of sp³-hybridized carbons (Fsp3) is 0.111. The van der Waals surface area contributed by atoms with Gasteiger partial charge in [0.05, 0.1) is 11.5 Å². The molecule has 3 rings (SSSR count). The second-order valence-electron chi connectivity index (χ2n) is 5.77. The lowest BCUT2D eigenvalue weighted by molar-refractivity contribution is 0.102. The number of anilines is 2. The summed E-state index contributed by atoms with van der Waals surface area (Å²) < 4.78 is 58.1. The van der Waals surface area contributed by atoms with E-state index < -0.39 is 32.5 Å². The number of benzene rings is 2. The van der Waals surface area contributed by atoms with Crippen molar-refractivity contribution in [2.45, 2.75) is 11.5 Å². The fourth-order valence-corrected chi connectivity index (χ4v) is 4.09. The second-order valence-corrected chi connectivity index (χ2v) is 8.40. The Balaban J connectivity index is 1.67. The van der Waals surface area contributed by atoms with Gasteiger partial charge in [-0.2, -0.15) is 0 Å². The normalized spacial score (nSPS) is 11.3. The van der Waals surface area contributed by atoms with Crippen molar-refractivity contribution in [1.82, 2.24) is 4.98 Å². The van der Waals surface area contributed by atoms with Gasteiger partial charge in [0.25, 0.3) is 15.9 Å². The van der Waals surface area contributed by atoms with E-state index >= 15 is 0 Å². The molecule has 0 aliphatic heterocycles. The zero-order valence-electron chi connectivity index (χ0n) is 15.0. The lowest BCUT2D eigenvalue weighted by atomic mass is 10.3. The number of ether oxygens (including phenoxy) is 1. The zero-order valence-corrected chi connectivity index (χ0v) is 16.6. The van der Waals surface area contributed by atoms with E-state index in [2.05, 4.69) is 15.0 Å². The van der Waals surface area contributed by atoms with Crippen molar-refractivity contribution in [3.8, 4) is 0 Å². The third kappa shape index (κ3) is 5.13. The van der Waals surface area contributed by atoms with Gasteiger partial charge in [-0.15, -0.1) is 11.3 Å². The van der Waals surface area contributed by atoms with Gasteiger partial charge in [-0.3, -0.25) is 9.52 Å². The number of methoxy groups -OCH3 is 1. The molecule has 7 nitrogen and oxygen atoms in total. The number of rotatable bonds is 7. The third-order valence-electron chi connectivity index (χ3n) is 3.65. The molecule has 152 valence electrons. The van der Waals surface area contributed by atoms with E-state index in [9.17, 15) is 22.0 Å². The van der Waals surface area contributed by atoms with E-state index in [1.807, 2.05) is 0 Å². The van der Waals surface area contributed by atoms with Crippen LogP contribution in [0.1, 0.15) is 15.5 Å². The predicted molar refractivity (Wildman–Crippen MR) is 104 cm³/mol. The van der Waals surface area contributed by atoms with E-state index in [1.54, 1.807) is 5.38 Å². The van der Waals surface area contributed by atoms with Crippen LogP contribution in [0, 0.1) is 11.6 Å². The molecule has 0 bridgehead atoms. The first-order valence-corrected chi connectivity index (χ1v) is 10.5. The molecule has 2 aromatic carbocycles. The second kappa shape index (κ2) is 8.64. The largest absolute Gasteiger partial charge is 0.378 e. The van der Waals surface area contributed by atoms with E-state index in [1.165, 1.54) is 42.7 Å². The minimum Gasteiger partial charge on any atom is -0.378 e. The molecule has 1 amide bonds. The lowest BCUT2D eigenvalue weighted by Crippen LogP contribution is -2.14. The summed E-state index contributed by atoms with van der Waals surface area (Å²) in [6.45, 7) is 0.310. The Morgan fingerprint density at radius 3 is 2.45 bits per heavy atom. The van der Waals surface area contributed by atoms with Crippen LogP contribution in [0.15, 0.2) is 52.7 Å². The average Bonchev–Trinajstić information content (AvgIpc) is 3.14. The van der Waals surface area contributed by atoms with Gasteiger partial charge in [-0.25, -0.2) is 22.2 Å². The van der Waals surface area contributed by atoms with Gasteiger partial charge in [0.15, 0.2) is 11.6 Å². The maximum absolute atomic E-state index is 13.3. The highest BCUT2D eigenvalue weighted by molar-refractivity contribution is 7.92. The van der Waals surface area contributed by atoms with E-state index in [0.29, 0.717) is 23.4 Å². The van der Waals surface area contributed by atoms with Crippen molar-refractivity contribution >= 4 is 38.6 Å². The number of aromatic nitrogens is 1. The number of halogens is 2. The molecular formula is C18H15F2N3O4S2. The molecule has 0 radical (unpaired) electrons. The molecule has 1 aromatic heterocycles. The number of nitrogens with one attached hydrogen (secondary N) is 2. The Labute approximate surface area is 169 Å². The number of nitrogens with zero attached hydrogens (tertiary/aromatic N) is 1. The van der Waals surface area contributed by atoms with Crippen molar-refractivity contribution in [2.75, 3.05) is 17.1 Å². The van der Waals surface area contributed by atoms with Crippen LogP contribution in [0.25, 0.3) is 0 Å². The Morgan fingerprint density at radius 2 is 1.79 bits per heavy atom. The summed E-state index contributed by atoms with van der Waals surface area (Å²) in [7, 11) is -2.57. The van der Waals surface area contributed by atoms with Crippen LogP contribution < -0.4 is 10.0 Å². The highest BCUT2D eigenvalue weighted by Crippen LogP contribution is 2.20. The minimum absolute atomic E-state index is 0.184. The SMILES string of the molecule is COCc1nc(C(=O)Nc2ccc(NS(=O)(=O)c3ccc(F)c(F)c3)cc2)cs1. The van der Waals surface area contributed by atoms with Crippen LogP contribution in [0.4, 0.5) is 20.2 Å². The molecule has 11 heteroatoms. The van der Waals surface area contributed by atoms with Gasteiger partial charge >= 0.3 is 0 Å². The third-order valence-corrected chi connectivity index (χ3v) is 5.85. The molecule has 0 saturated heterocycles. The molecule has 0 unspecified atom stereocenters. The average molecular weight is 439 g/mol. The number of amides is 1. The molecule has 3 aromatic rings. The Hall–Kier alpha value is -2.89. The summed E-state index contributed by atoms with van der Waals surface area (Å²) in [5.41, 5.74) is 0.848. The van der Waals surface area contributed by atoms with Crippen LogP contribution in [0.3, 0.4) is 0 Å². The van der Waals surface area contributed by atoms with Crippen LogP contribution in [-0.2, 0) is 21.4 Å². The molecule has 0 aliphatic rings. The number of hydrogen-bond acceptors (Lipinski definition) is 6. The lowest BCUT2D eigenvalue weighted by Gasteiger charge is -2.09. The van der Waals surface area contributed by atoms with E-state index in [0.717, 1.165) is 12.1 Å². The smallest absolute Gasteiger partial charge is 0.275 e. The number of sulfonamides is 1. The van der Waals surface area contributed by atoms with Gasteiger partial charge in [-0.1, -0.05) is 0 Å². The summed E-state index contributed by atoms with van der Waals surface area (Å²) in [6, 6.07) is 8.11. The van der Waals surface area contributed by atoms with Gasteiger partial charge < -0.3 is 10.1 Å². The zero-order chi connectivity index (χ0) is 21.0. The highest BCUT2D eigenvalue weighted by atomic mass is 32.2. The topological polar surface area (TPSA) is 97.4 Å². The summed E-state index contributed by atoms with van der Waals surface area (Å²) in [5.74, 6) is -2.82. The van der Waals surface area contributed by atoms with E-state index in [4.69, 9.17) is 4.74 Å². The number of carbonyl (C=O) groups is 1. The molecule has 29 heavy (non-hydrogen) atoms. The molecule has 0 fully saturated rings. The highest BCUT2D eigenvalue weighted by Gasteiger charge is 2.17. The quantitative estimate of drug-likeness (QED) is 0.586. The molecule has 0 spiro atoms. The molecule has 0 aliphatic carbocycles. The van der Waals surface area contributed by atoms with Crippen LogP contribution in [-0.4, -0.2) is 26.4 Å². The molecule has 0 atom stereocenters. The van der Waals surface area contributed by atoms with E-state index in [-0.39, 0.29) is 11.4 Å². The fourth-order valence-electron chi connectivity index (χ4n) is 2.28. The van der Waals surface area contributed by atoms with Crippen molar-refractivity contribution < 1.29 is 26.7 Å². The molecule has 0 saturated carbocycles. The predicted octanol–water partition coefficient (Wildman–Crippen LogP) is 3.62. The van der Waals surface area contributed by atoms with Crippen molar-refractivity contribution in [3.05, 3.63) is 70.2 Å². The summed E-state index contributed by atoms with van der Waals surface area (Å²) in [4.78, 5) is 15.9. The first-order valence-electron chi connectivity index (χ1n) is 8.11. The molecule has 2 N–H and O–H groups in total. The van der Waals surface area contributed by atoms with Gasteiger partial charge in [0.1, 0.15) is 10.7 Å². The van der Waals surface area contributed by atoms with Crippen LogP contribution in [0.2, 0.25) is 0 Å². The first-order chi connectivity index (χ1) is 13.8. The first kappa shape index (κ1) is 20.8. The van der Waals surface area contributed by atoms with Crippen molar-refractivity contribution in [2.24, 2.45) is 0 Å². The maximum atomic E-state index is 13.3. The Bertz CT molecular complexity index is 1130. The standard InChI is InChI=1S/C18H15F2N3O4S2/c1-27-9-17-22-16(10-28-17)18(24)21-11-2-4-12(5-3-11)23-29(25,26)13-6-7-14(19)15(20)8-13/h2-8,10,23H,9H2,1H3,(H,21,24). The van der Waals surface area contributed by atoms with Crippen LogP contribution >= 0.6 is 11.3 Å². The summed E-state index contributed by atoms with van der Waals surface area (Å²) in [5, 5.41) is 4.92. The maximum Gasteiger partial charge on any atom is 0.275 e. The van der Waals surface area contributed by atoms with Crippen molar-refractivity contribution in [1.29, 1.82) is 0 Å². The Morgan fingerprint density at radius 1 is 1.10 bits per heavy atom. The number of hydrogen-bond donors (Lipinski definition) is 2. The summed E-state index contributed by atoms with van der Waals surface area (Å²) >= 11 is 1.30. The number of thiazole rings is 1. The number of carbonyl (C=O) groups excluding carboxylic acids is 1. The summed E-state index contributed by atoms with van der Waals surface area (Å²) in [6.07, 6.45) is 0. The minimum atomic E-state index is -4.10. The van der Waals surface area contributed by atoms with Gasteiger partial charge in [0.2, 0.25) is 0 Å². The molecular weight excluding hydrogens is 424 g/mol. The van der Waals surface area contributed by atoms with Gasteiger partial charge in [-0.05, 0) is 42.5 Å².